The van der Waals surface area contributed by atoms with Gasteiger partial charge in [-0.05, 0) is 38.2 Å². The van der Waals surface area contributed by atoms with E-state index in [1.807, 2.05) is 51.1 Å². The van der Waals surface area contributed by atoms with E-state index in [4.69, 9.17) is 5.73 Å². The molecule has 1 fully saturated rings. The average molecular weight is 403 g/mol. The first-order valence-corrected chi connectivity index (χ1v) is 10.4. The Morgan fingerprint density at radius 2 is 1.59 bits per heavy atom. The van der Waals surface area contributed by atoms with E-state index in [1.165, 1.54) is 0 Å². The third-order valence-corrected chi connectivity index (χ3v) is 5.59. The second-order valence-corrected chi connectivity index (χ2v) is 8.24. The van der Waals surface area contributed by atoms with Crippen LogP contribution in [0, 0.1) is 11.8 Å². The minimum atomic E-state index is -0.623. The lowest BCUT2D eigenvalue weighted by Crippen LogP contribution is -2.52. The summed E-state index contributed by atoms with van der Waals surface area (Å²) in [5, 5.41) is 5.74. The highest BCUT2D eigenvalue weighted by Crippen LogP contribution is 2.19. The second kappa shape index (κ2) is 10.4. The fourth-order valence-electron chi connectivity index (χ4n) is 3.42. The van der Waals surface area contributed by atoms with Gasteiger partial charge >= 0.3 is 0 Å². The van der Waals surface area contributed by atoms with E-state index in [0.717, 1.165) is 5.56 Å². The van der Waals surface area contributed by atoms with Crippen LogP contribution in [0.5, 0.6) is 0 Å². The van der Waals surface area contributed by atoms with Gasteiger partial charge in [-0.2, -0.15) is 0 Å². The Kier molecular flexibility index (Phi) is 8.20. The molecule has 1 saturated heterocycles. The zero-order valence-electron chi connectivity index (χ0n) is 17.9. The number of benzene rings is 1. The molecule has 3 atom stereocenters. The molecule has 0 radical (unpaired) electrons. The zero-order chi connectivity index (χ0) is 21.6. The number of hydrogen-bond acceptors (Lipinski definition) is 4. The number of nitrogens with one attached hydrogen (secondary N) is 2. The zero-order valence-corrected chi connectivity index (χ0v) is 17.9. The normalized spacial score (nSPS) is 18.1. The maximum atomic E-state index is 12.6. The third-order valence-electron chi connectivity index (χ3n) is 5.59. The lowest BCUT2D eigenvalue weighted by atomic mass is 9.94. The van der Waals surface area contributed by atoms with Crippen LogP contribution in [-0.2, 0) is 14.4 Å². The summed E-state index contributed by atoms with van der Waals surface area (Å²) in [6.45, 7) is 8.48. The SMILES string of the molecule is CC(C)[C@H](N)C(=O)N1CCC(C(=O)N[C@@H](C)C(=O)N[C@H](C)c2ccccc2)CC1. The minimum absolute atomic E-state index is 0.0542. The van der Waals surface area contributed by atoms with Gasteiger partial charge in [-0.3, -0.25) is 14.4 Å². The molecule has 7 nitrogen and oxygen atoms in total. The lowest BCUT2D eigenvalue weighted by molar-refractivity contribution is -0.138. The highest BCUT2D eigenvalue weighted by atomic mass is 16.2. The van der Waals surface area contributed by atoms with Crippen molar-refractivity contribution in [3.63, 3.8) is 0 Å². The molecular weight excluding hydrogens is 368 g/mol. The van der Waals surface area contributed by atoms with Gasteiger partial charge in [-0.1, -0.05) is 44.2 Å². The smallest absolute Gasteiger partial charge is 0.242 e. The van der Waals surface area contributed by atoms with Crippen molar-refractivity contribution in [3.8, 4) is 0 Å². The molecule has 1 aliphatic rings. The predicted molar refractivity (Wildman–Crippen MR) is 113 cm³/mol. The van der Waals surface area contributed by atoms with Crippen LogP contribution >= 0.6 is 0 Å². The summed E-state index contributed by atoms with van der Waals surface area (Å²) in [5.41, 5.74) is 6.96. The molecule has 4 N–H and O–H groups in total. The van der Waals surface area contributed by atoms with E-state index in [0.29, 0.717) is 25.9 Å². The standard InChI is InChI=1S/C22H34N4O3/c1-14(2)19(23)22(29)26-12-10-18(11-13-26)21(28)25-16(4)20(27)24-15(3)17-8-6-5-7-9-17/h5-9,14-16,18-19H,10-13,23H2,1-4H3,(H,24,27)(H,25,28)/t15-,16+,19+/m1/s1. The summed E-state index contributed by atoms with van der Waals surface area (Å²) < 4.78 is 0. The fourth-order valence-corrected chi connectivity index (χ4v) is 3.42. The number of nitrogens with zero attached hydrogens (tertiary/aromatic N) is 1. The molecule has 29 heavy (non-hydrogen) atoms. The number of piperidine rings is 1. The Balaban J connectivity index is 1.80. The molecule has 0 spiro atoms. The first kappa shape index (κ1) is 22.9. The lowest BCUT2D eigenvalue weighted by Gasteiger charge is -2.34. The van der Waals surface area contributed by atoms with Gasteiger partial charge < -0.3 is 21.3 Å². The molecule has 7 heteroatoms. The van der Waals surface area contributed by atoms with Gasteiger partial charge in [0.25, 0.3) is 0 Å². The first-order valence-electron chi connectivity index (χ1n) is 10.4. The van der Waals surface area contributed by atoms with Crippen molar-refractivity contribution < 1.29 is 14.4 Å². The van der Waals surface area contributed by atoms with Gasteiger partial charge in [0.05, 0.1) is 12.1 Å². The average Bonchev–Trinajstić information content (AvgIpc) is 2.73. The van der Waals surface area contributed by atoms with E-state index in [-0.39, 0.29) is 35.6 Å². The molecule has 1 aliphatic heterocycles. The first-order chi connectivity index (χ1) is 13.7. The maximum absolute atomic E-state index is 12.6. The number of likely N-dealkylation sites (tertiary alicyclic amines) is 1. The number of rotatable bonds is 7. The summed E-state index contributed by atoms with van der Waals surface area (Å²) >= 11 is 0. The fraction of sp³-hybridized carbons (Fsp3) is 0.591. The summed E-state index contributed by atoms with van der Waals surface area (Å²) in [6.07, 6.45) is 1.16. The highest BCUT2D eigenvalue weighted by molar-refractivity contribution is 5.88. The van der Waals surface area contributed by atoms with E-state index in [2.05, 4.69) is 10.6 Å². The van der Waals surface area contributed by atoms with Crippen molar-refractivity contribution in [2.24, 2.45) is 17.6 Å². The molecule has 3 amide bonds. The summed E-state index contributed by atoms with van der Waals surface area (Å²) in [6, 6.07) is 8.42. The van der Waals surface area contributed by atoms with Gasteiger partial charge in [-0.15, -0.1) is 0 Å². The Hall–Kier alpha value is -2.41. The highest BCUT2D eigenvalue weighted by Gasteiger charge is 2.31. The van der Waals surface area contributed by atoms with E-state index < -0.39 is 12.1 Å². The van der Waals surface area contributed by atoms with Crippen molar-refractivity contribution in [3.05, 3.63) is 35.9 Å². The monoisotopic (exact) mass is 402 g/mol. The molecule has 0 unspecified atom stereocenters. The van der Waals surface area contributed by atoms with Crippen LogP contribution in [0.25, 0.3) is 0 Å². The van der Waals surface area contributed by atoms with Crippen LogP contribution in [0.3, 0.4) is 0 Å². The van der Waals surface area contributed by atoms with Crippen LogP contribution in [0.4, 0.5) is 0 Å². The van der Waals surface area contributed by atoms with Gasteiger partial charge in [0.15, 0.2) is 0 Å². The molecule has 1 heterocycles. The molecule has 0 saturated carbocycles. The number of hydrogen-bond donors (Lipinski definition) is 3. The number of amides is 3. The van der Waals surface area contributed by atoms with Gasteiger partial charge in [0, 0.05) is 19.0 Å². The molecule has 1 aromatic carbocycles. The topological polar surface area (TPSA) is 105 Å². The van der Waals surface area contributed by atoms with Crippen molar-refractivity contribution in [2.75, 3.05) is 13.1 Å². The van der Waals surface area contributed by atoms with E-state index in [1.54, 1.807) is 11.8 Å². The van der Waals surface area contributed by atoms with Crippen molar-refractivity contribution in [1.82, 2.24) is 15.5 Å². The summed E-state index contributed by atoms with van der Waals surface area (Å²) in [7, 11) is 0. The predicted octanol–water partition coefficient (Wildman–Crippen LogP) is 1.59. The van der Waals surface area contributed by atoms with Gasteiger partial charge in [0.2, 0.25) is 17.7 Å². The van der Waals surface area contributed by atoms with Gasteiger partial charge in [-0.25, -0.2) is 0 Å². The second-order valence-electron chi connectivity index (χ2n) is 8.24. The minimum Gasteiger partial charge on any atom is -0.348 e. The van der Waals surface area contributed by atoms with Crippen LogP contribution in [0.15, 0.2) is 30.3 Å². The Morgan fingerprint density at radius 3 is 2.14 bits per heavy atom. The Labute approximate surface area is 173 Å². The molecule has 0 aliphatic carbocycles. The number of carbonyl (C=O) groups excluding carboxylic acids is 3. The van der Waals surface area contributed by atoms with E-state index in [9.17, 15) is 14.4 Å². The molecule has 1 aromatic rings. The Bertz CT molecular complexity index is 699. The maximum Gasteiger partial charge on any atom is 0.242 e. The third kappa shape index (κ3) is 6.29. The van der Waals surface area contributed by atoms with Crippen LogP contribution < -0.4 is 16.4 Å². The van der Waals surface area contributed by atoms with Crippen LogP contribution in [0.1, 0.15) is 52.1 Å². The Morgan fingerprint density at radius 1 is 1.00 bits per heavy atom. The van der Waals surface area contributed by atoms with Crippen LogP contribution in [-0.4, -0.2) is 47.8 Å². The number of nitrogens with two attached hydrogens (primary N) is 1. The molecule has 0 bridgehead atoms. The molecule has 2 rings (SSSR count). The number of carbonyl (C=O) groups is 3. The summed E-state index contributed by atoms with van der Waals surface area (Å²) in [4.78, 5) is 39.1. The van der Waals surface area contributed by atoms with E-state index >= 15 is 0 Å². The molecule has 0 aromatic heterocycles. The van der Waals surface area contributed by atoms with Gasteiger partial charge in [0.1, 0.15) is 6.04 Å². The van der Waals surface area contributed by atoms with Crippen molar-refractivity contribution in [2.45, 2.75) is 58.7 Å². The molecular formula is C22H34N4O3. The van der Waals surface area contributed by atoms with Crippen molar-refractivity contribution in [1.29, 1.82) is 0 Å². The van der Waals surface area contributed by atoms with Crippen molar-refractivity contribution >= 4 is 17.7 Å². The quantitative estimate of drug-likeness (QED) is 0.644. The summed E-state index contributed by atoms with van der Waals surface area (Å²) in [5.74, 6) is -0.524. The molecule has 160 valence electrons. The van der Waals surface area contributed by atoms with Crippen LogP contribution in [0.2, 0.25) is 0 Å². The largest absolute Gasteiger partial charge is 0.348 e.